The van der Waals surface area contributed by atoms with E-state index in [4.69, 9.17) is 0 Å². The van der Waals surface area contributed by atoms with Gasteiger partial charge < -0.3 is 0 Å². The highest BCUT2D eigenvalue weighted by Gasteiger charge is 2.30. The van der Waals surface area contributed by atoms with E-state index in [1.54, 1.807) is 0 Å². The number of allylic oxidation sites excluding steroid dienone is 6. The van der Waals surface area contributed by atoms with Crippen molar-refractivity contribution >= 4 is 48.8 Å². The number of halogens is 3. The van der Waals surface area contributed by atoms with Crippen molar-refractivity contribution in [2.45, 2.75) is 32.1 Å². The van der Waals surface area contributed by atoms with Crippen LogP contribution in [0.4, 0.5) is 4.39 Å². The van der Waals surface area contributed by atoms with Gasteiger partial charge in [0, 0.05) is 23.2 Å². The maximum atomic E-state index is 14.0. The molecule has 31 heavy (non-hydrogen) atoms. The third-order valence-corrected chi connectivity index (χ3v) is 7.53. The molecule has 2 aromatic carbocycles. The van der Waals surface area contributed by atoms with Crippen LogP contribution >= 0.6 is 31.9 Å². The highest BCUT2D eigenvalue weighted by atomic mass is 79.9. The molecule has 0 fully saturated rings. The van der Waals surface area contributed by atoms with Crippen LogP contribution in [0, 0.1) is 5.82 Å². The Morgan fingerprint density at radius 2 is 1.97 bits per heavy atom. The van der Waals surface area contributed by atoms with E-state index in [9.17, 15) is 9.18 Å². The summed E-state index contributed by atoms with van der Waals surface area (Å²) in [6.45, 7) is 2.14. The Bertz CT molecular complexity index is 1340. The van der Waals surface area contributed by atoms with Crippen LogP contribution in [0.2, 0.25) is 0 Å². The molecule has 3 aliphatic rings. The Morgan fingerprint density at radius 1 is 1.16 bits per heavy atom. The number of carbonyl (C=O) groups is 1. The van der Waals surface area contributed by atoms with E-state index in [0.717, 1.165) is 56.4 Å². The fourth-order valence-electron chi connectivity index (χ4n) is 5.02. The van der Waals surface area contributed by atoms with E-state index in [2.05, 4.69) is 75.2 Å². The molecule has 4 heteroatoms. The second kappa shape index (κ2) is 8.14. The average molecular weight is 540 g/mol. The lowest BCUT2D eigenvalue weighted by Crippen LogP contribution is -2.34. The third kappa shape index (κ3) is 3.44. The van der Waals surface area contributed by atoms with Gasteiger partial charge in [0.1, 0.15) is 5.82 Å². The minimum Gasteiger partial charge on any atom is -0.294 e. The molecule has 1 atom stereocenters. The number of hydrogen-bond donors (Lipinski definition) is 0. The number of hydrogen-bond acceptors (Lipinski definition) is 1. The number of fused-ring (bicyclic) bond motifs is 4. The molecule has 0 aliphatic heterocycles. The molecule has 0 saturated heterocycles. The molecule has 0 amide bonds. The second-order valence-corrected chi connectivity index (χ2v) is 9.88. The quantitative estimate of drug-likeness (QED) is 0.422. The van der Waals surface area contributed by atoms with Crippen molar-refractivity contribution in [3.63, 3.8) is 0 Å². The van der Waals surface area contributed by atoms with E-state index in [0.29, 0.717) is 10.9 Å². The fourth-order valence-corrected chi connectivity index (χ4v) is 5.85. The predicted molar refractivity (Wildman–Crippen MR) is 131 cm³/mol. The zero-order chi connectivity index (χ0) is 21.7. The molecule has 5 rings (SSSR count). The number of benzene rings is 2. The molecular weight excluding hydrogens is 519 g/mol. The highest BCUT2D eigenvalue weighted by molar-refractivity contribution is 9.10. The molecule has 3 aliphatic carbocycles. The summed E-state index contributed by atoms with van der Waals surface area (Å²) in [7, 11) is 0. The number of carbonyl (C=O) groups excluding carboxylic acids is 1. The van der Waals surface area contributed by atoms with E-state index in [-0.39, 0.29) is 17.5 Å². The van der Waals surface area contributed by atoms with Crippen LogP contribution in [-0.4, -0.2) is 11.1 Å². The van der Waals surface area contributed by atoms with E-state index >= 15 is 0 Å². The lowest BCUT2D eigenvalue weighted by Gasteiger charge is -2.29. The summed E-state index contributed by atoms with van der Waals surface area (Å²) < 4.78 is 14.4. The molecule has 0 spiro atoms. The Morgan fingerprint density at radius 3 is 2.74 bits per heavy atom. The lowest BCUT2D eigenvalue weighted by atomic mass is 9.74. The molecule has 0 N–H and O–H groups in total. The van der Waals surface area contributed by atoms with Crippen molar-refractivity contribution in [2.75, 3.05) is 5.33 Å². The van der Waals surface area contributed by atoms with Crippen LogP contribution in [0.3, 0.4) is 0 Å². The van der Waals surface area contributed by atoms with Gasteiger partial charge in [-0.3, -0.25) is 4.79 Å². The molecule has 0 saturated carbocycles. The maximum Gasteiger partial charge on any atom is 0.168 e. The van der Waals surface area contributed by atoms with Gasteiger partial charge >= 0.3 is 0 Å². The highest BCUT2D eigenvalue weighted by Crippen LogP contribution is 2.37. The van der Waals surface area contributed by atoms with Crippen LogP contribution in [0.25, 0.3) is 11.1 Å². The van der Waals surface area contributed by atoms with Crippen molar-refractivity contribution in [2.24, 2.45) is 0 Å². The van der Waals surface area contributed by atoms with Gasteiger partial charge in [-0.15, -0.1) is 0 Å². The first-order valence-corrected chi connectivity index (χ1v) is 12.4. The van der Waals surface area contributed by atoms with Crippen molar-refractivity contribution in [1.29, 1.82) is 0 Å². The van der Waals surface area contributed by atoms with Crippen LogP contribution in [0.15, 0.2) is 70.3 Å². The van der Waals surface area contributed by atoms with E-state index < -0.39 is 0 Å². The minimum absolute atomic E-state index is 0.0951. The predicted octanol–water partition coefficient (Wildman–Crippen LogP) is 6.24. The lowest BCUT2D eigenvalue weighted by molar-refractivity contribution is 0.0990. The number of alkyl halides is 1. The Labute approximate surface area is 198 Å². The first kappa shape index (κ1) is 20.8. The van der Waals surface area contributed by atoms with E-state index in [1.165, 1.54) is 17.2 Å². The molecule has 0 aromatic heterocycles. The fraction of sp³-hybridized carbons (Fsp3) is 0.222. The Kier molecular flexibility index (Phi) is 5.47. The summed E-state index contributed by atoms with van der Waals surface area (Å²) in [5.74, 6) is -0.202. The molecular formula is C27H21Br2FO. The summed E-state index contributed by atoms with van der Waals surface area (Å²) in [4.78, 5) is 13.4. The van der Waals surface area contributed by atoms with Gasteiger partial charge in [-0.2, -0.15) is 0 Å². The topological polar surface area (TPSA) is 17.1 Å². The number of rotatable bonds is 3. The smallest absolute Gasteiger partial charge is 0.168 e. The summed E-state index contributed by atoms with van der Waals surface area (Å²) in [6, 6.07) is 9.46. The van der Waals surface area contributed by atoms with Crippen LogP contribution < -0.4 is 10.4 Å². The molecule has 2 aromatic rings. The van der Waals surface area contributed by atoms with Crippen LogP contribution in [0.5, 0.6) is 0 Å². The van der Waals surface area contributed by atoms with Crippen LogP contribution in [0.1, 0.15) is 53.6 Å². The summed E-state index contributed by atoms with van der Waals surface area (Å²) in [5, 5.41) is 3.02. The molecule has 1 nitrogen and oxygen atoms in total. The standard InChI is InChI=1S/C27H21Br2FO/c1-15-16(10-11-28)12-22(18-6-9-24(30)23(29)13-18)26-19(15)7-8-21-20-5-3-2-4-17(20)14-25(31)27(21)26/h3-9,12-13,22H,2,10-11,14H2,1H3. The summed E-state index contributed by atoms with van der Waals surface area (Å²) in [6.07, 6.45) is 11.0. The molecule has 0 bridgehead atoms. The molecule has 0 heterocycles. The van der Waals surface area contributed by atoms with Crippen molar-refractivity contribution < 1.29 is 9.18 Å². The van der Waals surface area contributed by atoms with Crippen molar-refractivity contribution in [1.82, 2.24) is 0 Å². The number of ketones is 1. The van der Waals surface area contributed by atoms with Gasteiger partial charge in [0.2, 0.25) is 0 Å². The Balaban J connectivity index is 1.87. The van der Waals surface area contributed by atoms with Gasteiger partial charge in [-0.05, 0) is 91.7 Å². The second-order valence-electron chi connectivity index (χ2n) is 8.24. The van der Waals surface area contributed by atoms with Gasteiger partial charge in [0.15, 0.2) is 5.78 Å². The van der Waals surface area contributed by atoms with Crippen molar-refractivity contribution in [3.8, 4) is 0 Å². The Hall–Kier alpha value is -2.04. The van der Waals surface area contributed by atoms with Gasteiger partial charge in [0.25, 0.3) is 0 Å². The first-order valence-electron chi connectivity index (χ1n) is 10.5. The molecule has 156 valence electrons. The summed E-state index contributed by atoms with van der Waals surface area (Å²) >= 11 is 6.92. The van der Waals surface area contributed by atoms with E-state index in [1.807, 2.05) is 12.1 Å². The normalized spacial score (nSPS) is 19.5. The molecule has 1 unspecified atom stereocenters. The molecule has 0 radical (unpaired) electrons. The number of Topliss-reactive ketones (excluding diaryl/α,β-unsaturated/α-hetero) is 1. The van der Waals surface area contributed by atoms with Gasteiger partial charge in [-0.1, -0.05) is 58.4 Å². The zero-order valence-electron chi connectivity index (χ0n) is 17.1. The monoisotopic (exact) mass is 538 g/mol. The zero-order valence-corrected chi connectivity index (χ0v) is 20.3. The van der Waals surface area contributed by atoms with Crippen LogP contribution in [-0.2, 0) is 0 Å². The minimum atomic E-state index is -0.281. The first-order chi connectivity index (χ1) is 15.0. The largest absolute Gasteiger partial charge is 0.294 e. The van der Waals surface area contributed by atoms with Gasteiger partial charge in [-0.25, -0.2) is 4.39 Å². The summed E-state index contributed by atoms with van der Waals surface area (Å²) in [5.41, 5.74) is 7.65. The van der Waals surface area contributed by atoms with Crippen molar-refractivity contribution in [3.05, 3.63) is 103 Å². The SMILES string of the molecule is CC1=c2ccc3c(c2C(c2ccc(F)c(Br)c2)C=C1CCBr)C(=O)CC1=CCC=CC=31. The van der Waals surface area contributed by atoms with Gasteiger partial charge in [0.05, 0.1) is 4.47 Å². The third-order valence-electron chi connectivity index (χ3n) is 6.53. The average Bonchev–Trinajstić information content (AvgIpc) is 2.77. The maximum absolute atomic E-state index is 14.0.